The average molecular weight is 294 g/mol. The Balaban J connectivity index is 2.00. The number of nitrogens with two attached hydrogens (primary N) is 1. The Labute approximate surface area is 126 Å². The minimum atomic E-state index is -0.256. The summed E-state index contributed by atoms with van der Waals surface area (Å²) in [5, 5.41) is 0. The molecule has 1 amide bonds. The summed E-state index contributed by atoms with van der Waals surface area (Å²) in [6.45, 7) is 6.75. The Morgan fingerprint density at radius 1 is 1.57 bits per heavy atom. The average Bonchev–Trinajstić information content (AvgIpc) is 2.79. The summed E-state index contributed by atoms with van der Waals surface area (Å²) in [6.07, 6.45) is 2.35. The molecule has 0 bridgehead atoms. The lowest BCUT2D eigenvalue weighted by Gasteiger charge is -2.37. The van der Waals surface area contributed by atoms with Gasteiger partial charge < -0.3 is 15.5 Å². The van der Waals surface area contributed by atoms with E-state index < -0.39 is 0 Å². The lowest BCUT2D eigenvalue weighted by atomic mass is 9.91. The third-order valence-corrected chi connectivity index (χ3v) is 4.26. The topological polar surface area (TPSA) is 84.2 Å². The van der Waals surface area contributed by atoms with Crippen molar-refractivity contribution in [3.63, 3.8) is 0 Å². The number of H-pyrrole nitrogens is 1. The minimum absolute atomic E-state index is 0.125. The molecule has 1 saturated heterocycles. The summed E-state index contributed by atoms with van der Waals surface area (Å²) >= 11 is 0. The highest BCUT2D eigenvalue weighted by molar-refractivity contribution is 5.74. The van der Waals surface area contributed by atoms with Crippen molar-refractivity contribution in [1.82, 2.24) is 14.9 Å². The molecule has 2 rings (SSSR count). The molecule has 6 nitrogen and oxygen atoms in total. The molecular weight excluding hydrogens is 268 g/mol. The van der Waals surface area contributed by atoms with Gasteiger partial charge in [-0.25, -0.2) is 4.98 Å². The Bertz CT molecular complexity index is 486. The molecule has 21 heavy (non-hydrogen) atoms. The number of likely N-dealkylation sites (tertiary alicyclic amines) is 1. The zero-order valence-corrected chi connectivity index (χ0v) is 13.2. The second-order valence-electron chi connectivity index (χ2n) is 5.84. The van der Waals surface area contributed by atoms with Gasteiger partial charge in [-0.1, -0.05) is 6.92 Å². The molecule has 0 radical (unpaired) electrons. The van der Waals surface area contributed by atoms with Crippen molar-refractivity contribution < 1.29 is 9.53 Å². The fourth-order valence-electron chi connectivity index (χ4n) is 3.09. The second-order valence-corrected chi connectivity index (χ2v) is 5.84. The van der Waals surface area contributed by atoms with Gasteiger partial charge in [-0.3, -0.25) is 9.69 Å². The van der Waals surface area contributed by atoms with E-state index in [2.05, 4.69) is 28.7 Å². The number of carbonyl (C=O) groups is 1. The SMILES string of the molecule is CCc1nc(CN2CC[C@@H](OC)[C@H](CC(N)=O)C2)c(C)[nH]1. The van der Waals surface area contributed by atoms with Gasteiger partial charge in [0.15, 0.2) is 0 Å². The number of nitrogens with zero attached hydrogens (tertiary/aromatic N) is 2. The summed E-state index contributed by atoms with van der Waals surface area (Å²) in [4.78, 5) is 21.5. The number of aromatic nitrogens is 2. The highest BCUT2D eigenvalue weighted by atomic mass is 16.5. The van der Waals surface area contributed by atoms with E-state index in [9.17, 15) is 4.79 Å². The molecule has 2 heterocycles. The van der Waals surface area contributed by atoms with Crippen LogP contribution in [0.15, 0.2) is 0 Å². The van der Waals surface area contributed by atoms with Crippen molar-refractivity contribution in [1.29, 1.82) is 0 Å². The molecule has 1 aromatic heterocycles. The predicted octanol–water partition coefficient (Wildman–Crippen LogP) is 0.993. The highest BCUT2D eigenvalue weighted by Gasteiger charge is 2.30. The molecule has 118 valence electrons. The quantitative estimate of drug-likeness (QED) is 0.819. The minimum Gasteiger partial charge on any atom is -0.381 e. The lowest BCUT2D eigenvalue weighted by Crippen LogP contribution is -2.45. The summed E-state index contributed by atoms with van der Waals surface area (Å²) in [7, 11) is 1.71. The van der Waals surface area contributed by atoms with Crippen LogP contribution in [-0.2, 0) is 22.5 Å². The Kier molecular flexibility index (Phi) is 5.36. The van der Waals surface area contributed by atoms with Crippen molar-refractivity contribution >= 4 is 5.91 Å². The van der Waals surface area contributed by atoms with Crippen LogP contribution in [0.3, 0.4) is 0 Å². The number of rotatable bonds is 6. The Morgan fingerprint density at radius 2 is 2.33 bits per heavy atom. The van der Waals surface area contributed by atoms with Gasteiger partial charge in [-0.2, -0.15) is 0 Å². The van der Waals surface area contributed by atoms with Crippen molar-refractivity contribution in [3.8, 4) is 0 Å². The van der Waals surface area contributed by atoms with E-state index in [1.165, 1.54) is 0 Å². The number of nitrogens with one attached hydrogen (secondary N) is 1. The number of methoxy groups -OCH3 is 1. The number of ether oxygens (including phenoxy) is 1. The van der Waals surface area contributed by atoms with Gasteiger partial charge in [0.25, 0.3) is 0 Å². The number of aryl methyl sites for hydroxylation is 2. The number of aromatic amines is 1. The smallest absolute Gasteiger partial charge is 0.217 e. The van der Waals surface area contributed by atoms with Crippen LogP contribution in [0.25, 0.3) is 0 Å². The van der Waals surface area contributed by atoms with Crippen LogP contribution in [0.4, 0.5) is 0 Å². The Morgan fingerprint density at radius 3 is 2.90 bits per heavy atom. The molecule has 1 aromatic rings. The summed E-state index contributed by atoms with van der Waals surface area (Å²) < 4.78 is 5.49. The predicted molar refractivity (Wildman–Crippen MR) is 80.7 cm³/mol. The van der Waals surface area contributed by atoms with Crippen LogP contribution < -0.4 is 5.73 Å². The number of imidazole rings is 1. The van der Waals surface area contributed by atoms with Crippen LogP contribution in [0.1, 0.15) is 37.0 Å². The highest BCUT2D eigenvalue weighted by Crippen LogP contribution is 2.24. The molecule has 0 aliphatic carbocycles. The van der Waals surface area contributed by atoms with Crippen LogP contribution in [0.2, 0.25) is 0 Å². The van der Waals surface area contributed by atoms with E-state index >= 15 is 0 Å². The van der Waals surface area contributed by atoms with Crippen LogP contribution in [0, 0.1) is 12.8 Å². The second kappa shape index (κ2) is 7.04. The molecule has 1 aliphatic heterocycles. The van der Waals surface area contributed by atoms with Gasteiger partial charge in [0, 0.05) is 51.2 Å². The van der Waals surface area contributed by atoms with Gasteiger partial charge in [0.2, 0.25) is 5.91 Å². The van der Waals surface area contributed by atoms with E-state index in [-0.39, 0.29) is 17.9 Å². The normalized spacial score (nSPS) is 23.4. The zero-order chi connectivity index (χ0) is 15.4. The Hall–Kier alpha value is -1.40. The summed E-state index contributed by atoms with van der Waals surface area (Å²) in [5.41, 5.74) is 7.58. The fourth-order valence-corrected chi connectivity index (χ4v) is 3.09. The van der Waals surface area contributed by atoms with Gasteiger partial charge in [-0.05, 0) is 13.3 Å². The first-order valence-electron chi connectivity index (χ1n) is 7.61. The molecule has 0 unspecified atom stereocenters. The first-order valence-corrected chi connectivity index (χ1v) is 7.61. The van der Waals surface area contributed by atoms with Gasteiger partial charge in [-0.15, -0.1) is 0 Å². The van der Waals surface area contributed by atoms with Crippen molar-refractivity contribution in [3.05, 3.63) is 17.2 Å². The molecule has 6 heteroatoms. The maximum Gasteiger partial charge on any atom is 0.217 e. The summed E-state index contributed by atoms with van der Waals surface area (Å²) in [6, 6.07) is 0. The molecule has 0 aromatic carbocycles. The number of hydrogen-bond acceptors (Lipinski definition) is 4. The first kappa shape index (κ1) is 16.0. The molecule has 1 fully saturated rings. The third kappa shape index (κ3) is 4.04. The van der Waals surface area contributed by atoms with Crippen LogP contribution in [0.5, 0.6) is 0 Å². The lowest BCUT2D eigenvalue weighted by molar-refractivity contribution is -0.121. The van der Waals surface area contributed by atoms with Gasteiger partial charge in [0.1, 0.15) is 5.82 Å². The fraction of sp³-hybridized carbons (Fsp3) is 0.733. The number of hydrogen-bond donors (Lipinski definition) is 2. The first-order chi connectivity index (χ1) is 10.0. The van der Waals surface area contributed by atoms with Crippen LogP contribution >= 0.6 is 0 Å². The van der Waals surface area contributed by atoms with Crippen molar-refractivity contribution in [2.24, 2.45) is 11.7 Å². The summed E-state index contributed by atoms with van der Waals surface area (Å²) in [5.74, 6) is 0.947. The number of carbonyl (C=O) groups excluding carboxylic acids is 1. The maximum atomic E-state index is 11.2. The molecule has 3 N–H and O–H groups in total. The van der Waals surface area contributed by atoms with Crippen molar-refractivity contribution in [2.75, 3.05) is 20.2 Å². The monoisotopic (exact) mass is 294 g/mol. The third-order valence-electron chi connectivity index (χ3n) is 4.26. The van der Waals surface area contributed by atoms with E-state index in [0.29, 0.717) is 6.42 Å². The number of primary amides is 1. The standard InChI is InChI=1S/C15H26N4O2/c1-4-15-17-10(2)12(18-15)9-19-6-5-13(21-3)11(8-19)7-14(16)20/h11,13H,4-9H2,1-3H3,(H2,16,20)(H,17,18)/t11-,13-/m1/s1. The van der Waals surface area contributed by atoms with E-state index in [4.69, 9.17) is 10.5 Å². The molecule has 0 saturated carbocycles. The maximum absolute atomic E-state index is 11.2. The molecule has 1 aliphatic rings. The van der Waals surface area contributed by atoms with Crippen molar-refractivity contribution in [2.45, 2.75) is 45.8 Å². The van der Waals surface area contributed by atoms with Gasteiger partial charge in [0.05, 0.1) is 11.8 Å². The molecule has 2 atom stereocenters. The molecular formula is C15H26N4O2. The van der Waals surface area contributed by atoms with E-state index in [1.54, 1.807) is 7.11 Å². The largest absolute Gasteiger partial charge is 0.381 e. The van der Waals surface area contributed by atoms with Gasteiger partial charge >= 0.3 is 0 Å². The van der Waals surface area contributed by atoms with E-state index in [1.807, 2.05) is 0 Å². The zero-order valence-electron chi connectivity index (χ0n) is 13.2. The number of piperidine rings is 1. The van der Waals surface area contributed by atoms with Crippen LogP contribution in [-0.4, -0.2) is 47.1 Å². The van der Waals surface area contributed by atoms with E-state index in [0.717, 1.165) is 49.7 Å². The number of amides is 1. The molecule has 0 spiro atoms.